The Kier molecular flexibility index (Phi) is 5.93. The number of carbonyl (C=O) groups excluding carboxylic acids is 1. The molecule has 5 heteroatoms. The lowest BCUT2D eigenvalue weighted by Gasteiger charge is -2.31. The minimum Gasteiger partial charge on any atom is -0.481 e. The van der Waals surface area contributed by atoms with Crippen molar-refractivity contribution in [3.05, 3.63) is 41.5 Å². The number of hydrogen-bond acceptors (Lipinski definition) is 3. The molecule has 1 atom stereocenters. The molecule has 1 aromatic rings. The smallest absolute Gasteiger partial charge is 0.306 e. The van der Waals surface area contributed by atoms with Gasteiger partial charge in [0.1, 0.15) is 0 Å². The van der Waals surface area contributed by atoms with E-state index in [1.807, 2.05) is 38.1 Å². The van der Waals surface area contributed by atoms with Crippen LogP contribution in [-0.4, -0.2) is 47.7 Å². The highest BCUT2D eigenvalue weighted by Crippen LogP contribution is 2.19. The number of amides is 1. The van der Waals surface area contributed by atoms with Crippen LogP contribution in [0.15, 0.2) is 30.3 Å². The Morgan fingerprint density at radius 2 is 2.04 bits per heavy atom. The maximum absolute atomic E-state index is 12.5. The van der Waals surface area contributed by atoms with Gasteiger partial charge in [-0.2, -0.15) is 0 Å². The van der Waals surface area contributed by atoms with Crippen molar-refractivity contribution in [1.82, 2.24) is 4.90 Å². The monoisotopic (exact) mass is 317 g/mol. The summed E-state index contributed by atoms with van der Waals surface area (Å²) in [5.41, 5.74) is 3.21. The molecule has 2 rings (SSSR count). The fourth-order valence-corrected chi connectivity index (χ4v) is 2.64. The van der Waals surface area contributed by atoms with E-state index in [0.29, 0.717) is 19.7 Å². The fourth-order valence-electron chi connectivity index (χ4n) is 2.64. The molecule has 1 fully saturated rings. The van der Waals surface area contributed by atoms with Gasteiger partial charge in [0, 0.05) is 19.2 Å². The lowest BCUT2D eigenvalue weighted by atomic mass is 10.0. The minimum absolute atomic E-state index is 0.0773. The largest absolute Gasteiger partial charge is 0.481 e. The molecule has 0 spiro atoms. The lowest BCUT2D eigenvalue weighted by molar-refractivity contribution is -0.145. The number of ether oxygens (including phenoxy) is 1. The predicted molar refractivity (Wildman–Crippen MR) is 88.0 cm³/mol. The van der Waals surface area contributed by atoms with Crippen LogP contribution in [0.5, 0.6) is 0 Å². The number of aryl methyl sites for hydroxylation is 1. The van der Waals surface area contributed by atoms with Gasteiger partial charge in [0.15, 0.2) is 0 Å². The Morgan fingerprint density at radius 1 is 1.35 bits per heavy atom. The van der Waals surface area contributed by atoms with Crippen molar-refractivity contribution in [2.24, 2.45) is 0 Å². The topological polar surface area (TPSA) is 66.8 Å². The predicted octanol–water partition coefficient (Wildman–Crippen LogP) is 2.49. The number of hydrogen-bond donors (Lipinski definition) is 1. The molecule has 1 amide bonds. The summed E-state index contributed by atoms with van der Waals surface area (Å²) in [6.45, 7) is 5.25. The summed E-state index contributed by atoms with van der Waals surface area (Å²) in [6.07, 6.45) is 1.92. The van der Waals surface area contributed by atoms with Crippen LogP contribution in [-0.2, 0) is 14.3 Å². The SMILES string of the molecule is CC/C(=C\C(=O)N1CCOC(CC(=O)O)C1)c1ccc(C)cc1. The van der Waals surface area contributed by atoms with Gasteiger partial charge in [-0.1, -0.05) is 36.8 Å². The highest BCUT2D eigenvalue weighted by molar-refractivity contribution is 5.95. The fraction of sp³-hybridized carbons (Fsp3) is 0.444. The van der Waals surface area contributed by atoms with Gasteiger partial charge in [-0.15, -0.1) is 0 Å². The second-order valence-corrected chi connectivity index (χ2v) is 5.76. The molecule has 0 aromatic heterocycles. The normalized spacial score (nSPS) is 18.8. The summed E-state index contributed by atoms with van der Waals surface area (Å²) in [7, 11) is 0. The van der Waals surface area contributed by atoms with Crippen molar-refractivity contribution in [2.45, 2.75) is 32.8 Å². The number of benzene rings is 1. The quantitative estimate of drug-likeness (QED) is 0.847. The van der Waals surface area contributed by atoms with Gasteiger partial charge >= 0.3 is 5.97 Å². The van der Waals surface area contributed by atoms with Crippen molar-refractivity contribution in [3.8, 4) is 0 Å². The number of morpholine rings is 1. The molecule has 1 aliphatic rings. The Bertz CT molecular complexity index is 592. The summed E-state index contributed by atoms with van der Waals surface area (Å²) in [5, 5.41) is 8.85. The number of carbonyl (C=O) groups is 2. The van der Waals surface area contributed by atoms with Gasteiger partial charge < -0.3 is 14.7 Å². The van der Waals surface area contributed by atoms with Crippen molar-refractivity contribution in [2.75, 3.05) is 19.7 Å². The third-order valence-corrected chi connectivity index (χ3v) is 3.95. The molecule has 1 aliphatic heterocycles. The van der Waals surface area contributed by atoms with Crippen LogP contribution < -0.4 is 0 Å². The maximum atomic E-state index is 12.5. The van der Waals surface area contributed by atoms with Crippen molar-refractivity contribution in [1.29, 1.82) is 0 Å². The van der Waals surface area contributed by atoms with Crippen molar-refractivity contribution < 1.29 is 19.4 Å². The first-order chi connectivity index (χ1) is 11.0. The van der Waals surface area contributed by atoms with E-state index >= 15 is 0 Å². The summed E-state index contributed by atoms with van der Waals surface area (Å²) < 4.78 is 5.40. The Balaban J connectivity index is 2.08. The van der Waals surface area contributed by atoms with Gasteiger partial charge in [-0.25, -0.2) is 0 Å². The number of carboxylic acid groups (broad SMARTS) is 1. The summed E-state index contributed by atoms with van der Waals surface area (Å²) in [6, 6.07) is 8.09. The van der Waals surface area contributed by atoms with Crippen molar-refractivity contribution in [3.63, 3.8) is 0 Å². The minimum atomic E-state index is -0.909. The molecule has 1 unspecified atom stereocenters. The molecule has 124 valence electrons. The number of carboxylic acids is 1. The Hall–Kier alpha value is -2.14. The molecular weight excluding hydrogens is 294 g/mol. The molecule has 1 saturated heterocycles. The highest BCUT2D eigenvalue weighted by Gasteiger charge is 2.25. The number of rotatable bonds is 5. The first-order valence-corrected chi connectivity index (χ1v) is 7.89. The van der Waals surface area contributed by atoms with Crippen LogP contribution in [0, 0.1) is 6.92 Å². The lowest BCUT2D eigenvalue weighted by Crippen LogP contribution is -2.45. The van der Waals surface area contributed by atoms with E-state index in [4.69, 9.17) is 9.84 Å². The number of allylic oxidation sites excluding steroid dienone is 1. The average Bonchev–Trinajstić information content (AvgIpc) is 2.53. The standard InChI is InChI=1S/C18H23NO4/c1-3-14(15-6-4-13(2)5-7-15)10-17(20)19-8-9-23-16(12-19)11-18(21)22/h4-7,10,16H,3,8-9,11-12H2,1-2H3,(H,21,22)/b14-10+. The molecular formula is C18H23NO4. The van der Waals surface area contributed by atoms with E-state index in [1.54, 1.807) is 11.0 Å². The maximum Gasteiger partial charge on any atom is 0.306 e. The molecule has 1 N–H and O–H groups in total. The highest BCUT2D eigenvalue weighted by atomic mass is 16.5. The van der Waals surface area contributed by atoms with Crippen molar-refractivity contribution >= 4 is 17.4 Å². The van der Waals surface area contributed by atoms with E-state index in [-0.39, 0.29) is 12.3 Å². The first kappa shape index (κ1) is 17.2. The zero-order chi connectivity index (χ0) is 16.8. The van der Waals surface area contributed by atoms with Crippen LogP contribution in [0.1, 0.15) is 30.9 Å². The summed E-state index contributed by atoms with van der Waals surface area (Å²) in [5.74, 6) is -0.991. The van der Waals surface area contributed by atoms with E-state index in [2.05, 4.69) is 0 Å². The third-order valence-electron chi connectivity index (χ3n) is 3.95. The number of nitrogens with zero attached hydrogens (tertiary/aromatic N) is 1. The molecule has 23 heavy (non-hydrogen) atoms. The van der Waals surface area contributed by atoms with Crippen LogP contribution >= 0.6 is 0 Å². The summed E-state index contributed by atoms with van der Waals surface area (Å²) in [4.78, 5) is 24.9. The van der Waals surface area contributed by atoms with Gasteiger partial charge in [0.2, 0.25) is 5.91 Å². The number of aliphatic carboxylic acids is 1. The van der Waals surface area contributed by atoms with E-state index < -0.39 is 12.1 Å². The Labute approximate surface area is 136 Å². The molecule has 5 nitrogen and oxygen atoms in total. The zero-order valence-corrected chi connectivity index (χ0v) is 13.6. The van der Waals surface area contributed by atoms with Gasteiger partial charge in [-0.05, 0) is 24.5 Å². The van der Waals surface area contributed by atoms with E-state index in [0.717, 1.165) is 17.6 Å². The molecule has 1 heterocycles. The molecule has 1 aromatic carbocycles. The third kappa shape index (κ3) is 4.93. The zero-order valence-electron chi connectivity index (χ0n) is 13.6. The molecule has 0 aliphatic carbocycles. The van der Waals surface area contributed by atoms with Crippen LogP contribution in [0.2, 0.25) is 0 Å². The first-order valence-electron chi connectivity index (χ1n) is 7.89. The van der Waals surface area contributed by atoms with Crippen LogP contribution in [0.4, 0.5) is 0 Å². The van der Waals surface area contributed by atoms with E-state index in [9.17, 15) is 9.59 Å². The van der Waals surface area contributed by atoms with Gasteiger partial charge in [0.05, 0.1) is 19.1 Å². The molecule has 0 radical (unpaired) electrons. The Morgan fingerprint density at radius 3 is 2.65 bits per heavy atom. The second kappa shape index (κ2) is 7.92. The average molecular weight is 317 g/mol. The van der Waals surface area contributed by atoms with E-state index in [1.165, 1.54) is 5.56 Å². The molecule has 0 bridgehead atoms. The van der Waals surface area contributed by atoms with Gasteiger partial charge in [0.25, 0.3) is 0 Å². The van der Waals surface area contributed by atoms with Crippen LogP contribution in [0.3, 0.4) is 0 Å². The van der Waals surface area contributed by atoms with Crippen LogP contribution in [0.25, 0.3) is 5.57 Å². The summed E-state index contributed by atoms with van der Waals surface area (Å²) >= 11 is 0. The second-order valence-electron chi connectivity index (χ2n) is 5.76. The van der Waals surface area contributed by atoms with Gasteiger partial charge in [-0.3, -0.25) is 9.59 Å². The molecule has 0 saturated carbocycles.